The van der Waals surface area contributed by atoms with Crippen LogP contribution in [-0.4, -0.2) is 13.2 Å². The molecule has 0 N–H and O–H groups in total. The van der Waals surface area contributed by atoms with Crippen molar-refractivity contribution in [1.29, 1.82) is 0 Å². The van der Waals surface area contributed by atoms with Crippen LogP contribution in [0.25, 0.3) is 0 Å². The first-order valence-corrected chi connectivity index (χ1v) is 8.95. The van der Waals surface area contributed by atoms with Gasteiger partial charge in [-0.1, -0.05) is 24.3 Å². The van der Waals surface area contributed by atoms with Crippen LogP contribution in [0.4, 0.5) is 5.69 Å². The summed E-state index contributed by atoms with van der Waals surface area (Å²) in [7, 11) is 1.71. The van der Waals surface area contributed by atoms with Crippen LogP contribution in [0.1, 0.15) is 49.8 Å². The molecular weight excluding hydrogens is 298 g/mol. The highest BCUT2D eigenvalue weighted by Gasteiger charge is 2.27. The molecule has 0 bridgehead atoms. The van der Waals surface area contributed by atoms with E-state index in [4.69, 9.17) is 9.47 Å². The molecule has 3 nitrogen and oxygen atoms in total. The normalized spacial score (nSPS) is 20.2. The van der Waals surface area contributed by atoms with E-state index >= 15 is 0 Å². The topological polar surface area (TPSA) is 21.7 Å². The Balaban J connectivity index is 1.62. The molecule has 0 spiro atoms. The number of nitrogens with zero attached hydrogens (tertiary/aromatic N) is 1. The third-order valence-corrected chi connectivity index (χ3v) is 5.39. The number of hydrogen-bond acceptors (Lipinski definition) is 3. The van der Waals surface area contributed by atoms with Crippen molar-refractivity contribution in [3.8, 4) is 11.5 Å². The van der Waals surface area contributed by atoms with E-state index in [-0.39, 0.29) is 0 Å². The lowest BCUT2D eigenvalue weighted by Gasteiger charge is -2.26. The molecule has 1 fully saturated rings. The van der Waals surface area contributed by atoms with Crippen molar-refractivity contribution in [1.82, 2.24) is 0 Å². The average molecular weight is 323 g/mol. The van der Waals surface area contributed by atoms with Crippen molar-refractivity contribution in [2.75, 3.05) is 12.0 Å². The van der Waals surface area contributed by atoms with E-state index in [9.17, 15) is 0 Å². The maximum Gasteiger partial charge on any atom is 0.163 e. The first kappa shape index (κ1) is 15.4. The molecule has 2 aliphatic rings. The average Bonchev–Trinajstić information content (AvgIpc) is 3.23. The Morgan fingerprint density at radius 3 is 2.54 bits per heavy atom. The van der Waals surface area contributed by atoms with Crippen molar-refractivity contribution in [3.05, 3.63) is 53.6 Å². The van der Waals surface area contributed by atoms with Crippen LogP contribution in [0, 0.1) is 0 Å². The van der Waals surface area contributed by atoms with Gasteiger partial charge < -0.3 is 14.4 Å². The van der Waals surface area contributed by atoms with Gasteiger partial charge in [0.25, 0.3) is 0 Å². The maximum atomic E-state index is 6.26. The maximum absolute atomic E-state index is 6.26. The fourth-order valence-electron chi connectivity index (χ4n) is 4.01. The Morgan fingerprint density at radius 1 is 1.00 bits per heavy atom. The molecule has 0 saturated heterocycles. The van der Waals surface area contributed by atoms with Gasteiger partial charge in [-0.15, -0.1) is 0 Å². The van der Waals surface area contributed by atoms with Gasteiger partial charge in [0.1, 0.15) is 0 Å². The Morgan fingerprint density at radius 2 is 1.79 bits per heavy atom. The summed E-state index contributed by atoms with van der Waals surface area (Å²) in [5.74, 6) is 1.71. The smallest absolute Gasteiger partial charge is 0.163 e. The second-order valence-corrected chi connectivity index (χ2v) is 6.86. The zero-order valence-electron chi connectivity index (χ0n) is 14.5. The highest BCUT2D eigenvalue weighted by Crippen LogP contribution is 2.41. The quantitative estimate of drug-likeness (QED) is 0.781. The molecule has 1 saturated carbocycles. The fourth-order valence-corrected chi connectivity index (χ4v) is 4.01. The standard InChI is InChI=1S/C21H25NO2/c1-15-19-10-6-3-7-16(19)14-22(15)17-11-12-20(23-2)21(13-17)24-18-8-4-5-9-18/h3,6-7,10-13,15,18H,4-5,8-9,14H2,1-2H3. The SMILES string of the molecule is COc1ccc(N2Cc3ccccc3C2C)cc1OC1CCCC1. The van der Waals surface area contributed by atoms with E-state index < -0.39 is 0 Å². The molecule has 0 amide bonds. The fraction of sp³-hybridized carbons (Fsp3) is 0.429. The number of anilines is 1. The van der Waals surface area contributed by atoms with Gasteiger partial charge in [0.2, 0.25) is 0 Å². The molecule has 1 atom stereocenters. The van der Waals surface area contributed by atoms with Gasteiger partial charge in [-0.2, -0.15) is 0 Å². The summed E-state index contributed by atoms with van der Waals surface area (Å²) < 4.78 is 11.8. The second-order valence-electron chi connectivity index (χ2n) is 6.86. The highest BCUT2D eigenvalue weighted by atomic mass is 16.5. The molecule has 1 aliphatic heterocycles. The van der Waals surface area contributed by atoms with E-state index in [1.807, 2.05) is 6.07 Å². The van der Waals surface area contributed by atoms with E-state index in [1.165, 1.54) is 29.7 Å². The van der Waals surface area contributed by atoms with E-state index in [1.54, 1.807) is 7.11 Å². The lowest BCUT2D eigenvalue weighted by atomic mass is 10.1. The van der Waals surface area contributed by atoms with Crippen molar-refractivity contribution in [2.45, 2.75) is 51.3 Å². The van der Waals surface area contributed by atoms with Gasteiger partial charge in [-0.05, 0) is 55.9 Å². The number of rotatable bonds is 4. The minimum Gasteiger partial charge on any atom is -0.493 e. The minimum atomic E-state index is 0.336. The van der Waals surface area contributed by atoms with Crippen LogP contribution in [0.5, 0.6) is 11.5 Å². The van der Waals surface area contributed by atoms with Crippen LogP contribution in [0.2, 0.25) is 0 Å². The number of ether oxygens (including phenoxy) is 2. The van der Waals surface area contributed by atoms with Crippen LogP contribution >= 0.6 is 0 Å². The number of fused-ring (bicyclic) bond motifs is 1. The summed E-state index contributed by atoms with van der Waals surface area (Å²) in [6.45, 7) is 3.22. The van der Waals surface area contributed by atoms with Crippen molar-refractivity contribution >= 4 is 5.69 Å². The third-order valence-electron chi connectivity index (χ3n) is 5.39. The van der Waals surface area contributed by atoms with Gasteiger partial charge in [0, 0.05) is 18.3 Å². The Labute approximate surface area is 144 Å². The van der Waals surface area contributed by atoms with Gasteiger partial charge in [0.15, 0.2) is 11.5 Å². The monoisotopic (exact) mass is 323 g/mol. The van der Waals surface area contributed by atoms with Gasteiger partial charge in [0.05, 0.1) is 19.3 Å². The summed E-state index contributed by atoms with van der Waals surface area (Å²) in [4.78, 5) is 2.44. The molecular formula is C21H25NO2. The molecule has 2 aromatic rings. The highest BCUT2D eigenvalue weighted by molar-refractivity contribution is 5.60. The van der Waals surface area contributed by atoms with Gasteiger partial charge in [-0.25, -0.2) is 0 Å². The predicted molar refractivity (Wildman–Crippen MR) is 96.9 cm³/mol. The predicted octanol–water partition coefficient (Wildman–Crippen LogP) is 5.10. The van der Waals surface area contributed by atoms with Crippen LogP contribution in [0.15, 0.2) is 42.5 Å². The summed E-state index contributed by atoms with van der Waals surface area (Å²) in [5.41, 5.74) is 4.04. The third kappa shape index (κ3) is 2.72. The minimum absolute atomic E-state index is 0.336. The summed E-state index contributed by atoms with van der Waals surface area (Å²) in [6.07, 6.45) is 5.18. The molecule has 4 rings (SSSR count). The van der Waals surface area contributed by atoms with Crippen LogP contribution in [-0.2, 0) is 6.54 Å². The van der Waals surface area contributed by atoms with E-state index in [2.05, 4.69) is 48.2 Å². The summed E-state index contributed by atoms with van der Waals surface area (Å²) >= 11 is 0. The molecule has 24 heavy (non-hydrogen) atoms. The largest absolute Gasteiger partial charge is 0.493 e. The van der Waals surface area contributed by atoms with Crippen molar-refractivity contribution < 1.29 is 9.47 Å². The first-order chi connectivity index (χ1) is 11.8. The molecule has 0 aromatic heterocycles. The lowest BCUT2D eigenvalue weighted by molar-refractivity contribution is 0.201. The Hall–Kier alpha value is -2.16. The Kier molecular flexibility index (Phi) is 4.09. The van der Waals surface area contributed by atoms with Crippen molar-refractivity contribution in [3.63, 3.8) is 0 Å². The Bertz CT molecular complexity index is 722. The van der Waals surface area contributed by atoms with Crippen LogP contribution in [0.3, 0.4) is 0 Å². The molecule has 1 aliphatic carbocycles. The van der Waals surface area contributed by atoms with E-state index in [0.29, 0.717) is 12.1 Å². The molecule has 1 unspecified atom stereocenters. The van der Waals surface area contributed by atoms with Crippen LogP contribution < -0.4 is 14.4 Å². The zero-order chi connectivity index (χ0) is 16.5. The molecule has 1 heterocycles. The summed E-state index contributed by atoms with van der Waals surface area (Å²) in [5, 5.41) is 0. The number of benzene rings is 2. The second kappa shape index (κ2) is 6.39. The molecule has 3 heteroatoms. The van der Waals surface area contributed by atoms with E-state index in [0.717, 1.165) is 30.9 Å². The molecule has 2 aromatic carbocycles. The summed E-state index contributed by atoms with van der Waals surface area (Å²) in [6, 6.07) is 15.4. The van der Waals surface area contributed by atoms with Gasteiger partial charge >= 0.3 is 0 Å². The number of methoxy groups -OCH3 is 1. The van der Waals surface area contributed by atoms with Crippen molar-refractivity contribution in [2.24, 2.45) is 0 Å². The molecule has 126 valence electrons. The lowest BCUT2D eigenvalue weighted by Crippen LogP contribution is -2.19. The van der Waals surface area contributed by atoms with Gasteiger partial charge in [-0.3, -0.25) is 0 Å². The molecule has 0 radical (unpaired) electrons. The zero-order valence-corrected chi connectivity index (χ0v) is 14.5. The number of hydrogen-bond donors (Lipinski definition) is 0. The first-order valence-electron chi connectivity index (χ1n) is 8.95.